The summed E-state index contributed by atoms with van der Waals surface area (Å²) in [6.45, 7) is 16.2. The van der Waals surface area contributed by atoms with Crippen LogP contribution >= 0.6 is 0 Å². The van der Waals surface area contributed by atoms with Crippen LogP contribution in [0.3, 0.4) is 0 Å². The van der Waals surface area contributed by atoms with E-state index in [1.807, 2.05) is 65.6 Å². The molecule has 0 aliphatic carbocycles. The van der Waals surface area contributed by atoms with E-state index >= 15 is 0 Å². The summed E-state index contributed by atoms with van der Waals surface area (Å²) >= 11 is 0. The number of hydrogen-bond donors (Lipinski definition) is 3. The Kier molecular flexibility index (Phi) is 13.8. The number of nitrogens with zero attached hydrogens (tertiary/aromatic N) is 4. The van der Waals surface area contributed by atoms with Gasteiger partial charge in [0.15, 0.2) is 12.1 Å². The van der Waals surface area contributed by atoms with E-state index < -0.39 is 77.6 Å². The second kappa shape index (κ2) is 17.3. The Bertz CT molecular complexity index is 1440. The molecule has 14 heteroatoms. The highest BCUT2D eigenvalue weighted by atomic mass is 16.7. The van der Waals surface area contributed by atoms with Crippen LogP contribution in [0, 0.1) is 17.8 Å². The average Bonchev–Trinajstić information content (AvgIpc) is 3.22. The Morgan fingerprint density at radius 3 is 2.36 bits per heavy atom. The van der Waals surface area contributed by atoms with E-state index in [1.165, 1.54) is 6.92 Å². The second-order valence-electron chi connectivity index (χ2n) is 17.7. The highest BCUT2D eigenvalue weighted by Crippen LogP contribution is 2.48. The van der Waals surface area contributed by atoms with Crippen molar-refractivity contribution < 1.29 is 48.6 Å². The molecule has 4 aliphatic rings. The summed E-state index contributed by atoms with van der Waals surface area (Å²) < 4.78 is 33.9. The maximum absolute atomic E-state index is 14.3. The van der Waals surface area contributed by atoms with E-state index in [0.717, 1.165) is 0 Å². The summed E-state index contributed by atoms with van der Waals surface area (Å²) in [6, 6.07) is 4.56. The molecular weight excluding hydrogens is 708 g/mol. The maximum Gasteiger partial charge on any atom is 0.311 e. The van der Waals surface area contributed by atoms with Gasteiger partial charge in [0.2, 0.25) is 0 Å². The number of pyridine rings is 1. The number of carbonyl (C=O) groups is 2. The van der Waals surface area contributed by atoms with Crippen molar-refractivity contribution in [2.75, 3.05) is 40.8 Å². The van der Waals surface area contributed by atoms with Gasteiger partial charge < -0.3 is 53.7 Å². The van der Waals surface area contributed by atoms with Gasteiger partial charge in [-0.25, -0.2) is 0 Å². The average molecular weight is 777 g/mol. The molecule has 312 valence electrons. The van der Waals surface area contributed by atoms with Gasteiger partial charge in [0.1, 0.15) is 29.6 Å². The van der Waals surface area contributed by atoms with E-state index in [1.54, 1.807) is 36.2 Å². The van der Waals surface area contributed by atoms with Crippen molar-refractivity contribution in [1.82, 2.24) is 19.7 Å². The zero-order chi connectivity index (χ0) is 40.6. The number of cyclic esters (lactones) is 1. The van der Waals surface area contributed by atoms with Crippen LogP contribution in [0.5, 0.6) is 0 Å². The molecule has 5 heterocycles. The molecule has 5 rings (SSSR count). The molecule has 4 aliphatic heterocycles. The van der Waals surface area contributed by atoms with E-state index in [2.05, 4.69) is 11.9 Å². The highest BCUT2D eigenvalue weighted by Gasteiger charge is 2.58. The first-order valence-electron chi connectivity index (χ1n) is 20.3. The number of esters is 1. The summed E-state index contributed by atoms with van der Waals surface area (Å²) in [5.41, 5.74) is -2.44. The highest BCUT2D eigenvalue weighted by molar-refractivity contribution is 5.92. The quantitative estimate of drug-likeness (QED) is 0.375. The van der Waals surface area contributed by atoms with Gasteiger partial charge in [-0.2, -0.15) is 0 Å². The van der Waals surface area contributed by atoms with Crippen molar-refractivity contribution in [2.45, 2.75) is 159 Å². The number of ether oxygens (including phenoxy) is 5. The zero-order valence-corrected chi connectivity index (χ0v) is 34.9. The Hall–Kier alpha value is -2.27. The molecule has 55 heavy (non-hydrogen) atoms. The van der Waals surface area contributed by atoms with Crippen molar-refractivity contribution in [3.05, 3.63) is 30.1 Å². The van der Waals surface area contributed by atoms with Gasteiger partial charge in [-0.3, -0.25) is 14.6 Å². The minimum Gasteiger partial charge on any atom is -0.459 e. The Balaban J connectivity index is 1.59. The second-order valence-corrected chi connectivity index (χ2v) is 17.7. The number of amides is 1. The van der Waals surface area contributed by atoms with Crippen LogP contribution in [0.15, 0.2) is 24.4 Å². The molecule has 2 bridgehead atoms. The van der Waals surface area contributed by atoms with Crippen LogP contribution in [0.4, 0.5) is 0 Å². The molecular formula is C41H68N4O10. The third-order valence-electron chi connectivity index (χ3n) is 12.9. The van der Waals surface area contributed by atoms with Gasteiger partial charge in [0.25, 0.3) is 5.91 Å². The molecule has 1 spiro atoms. The number of rotatable bonds is 5. The molecule has 3 N–H and O–H groups in total. The Morgan fingerprint density at radius 2 is 1.76 bits per heavy atom. The minimum absolute atomic E-state index is 0.0274. The molecule has 0 saturated carbocycles. The summed E-state index contributed by atoms with van der Waals surface area (Å²) in [4.78, 5) is 37.8. The van der Waals surface area contributed by atoms with E-state index in [0.29, 0.717) is 51.0 Å². The summed E-state index contributed by atoms with van der Waals surface area (Å²) in [6.07, 6.45) is -2.29. The lowest BCUT2D eigenvalue weighted by molar-refractivity contribution is -0.331. The minimum atomic E-state index is -1.74. The summed E-state index contributed by atoms with van der Waals surface area (Å²) in [7, 11) is 5.77. The number of aliphatic hydroxyl groups excluding tert-OH is 2. The van der Waals surface area contributed by atoms with Crippen molar-refractivity contribution >= 4 is 11.9 Å². The SMILES string of the molecule is CC[C@H]1OC(=O)[C@H](C)[C@H]2OC3(CCN(C(=O)c4ccccn4)CC3)O[C@](C)(C[C@@H](C)CN(C)[C@H](C)[C@@H](O)[C@]1(C)O)[C@H](O[C@@H]1O[C@H](C)C[C@H](N(C)C)[C@H]1O)[C@H]2C. The van der Waals surface area contributed by atoms with Crippen LogP contribution in [0.25, 0.3) is 0 Å². The third-order valence-corrected chi connectivity index (χ3v) is 12.9. The topological polar surface area (TPSA) is 164 Å². The molecule has 1 aromatic heterocycles. The first kappa shape index (κ1) is 43.8. The van der Waals surface area contributed by atoms with E-state index in [4.69, 9.17) is 23.7 Å². The van der Waals surface area contributed by atoms with Gasteiger partial charge in [0.05, 0.1) is 29.8 Å². The zero-order valence-electron chi connectivity index (χ0n) is 34.9. The number of aromatic nitrogens is 1. The van der Waals surface area contributed by atoms with Crippen molar-refractivity contribution in [2.24, 2.45) is 17.8 Å². The van der Waals surface area contributed by atoms with E-state index in [9.17, 15) is 24.9 Å². The lowest BCUT2D eigenvalue weighted by Gasteiger charge is -2.49. The Morgan fingerprint density at radius 1 is 1.09 bits per heavy atom. The van der Waals surface area contributed by atoms with E-state index in [-0.39, 0.29) is 30.4 Å². The van der Waals surface area contributed by atoms with Crippen LogP contribution in [0.1, 0.15) is 98.0 Å². The van der Waals surface area contributed by atoms with Gasteiger partial charge in [0, 0.05) is 56.7 Å². The van der Waals surface area contributed by atoms with Crippen LogP contribution in [0.2, 0.25) is 0 Å². The number of carbonyl (C=O) groups excluding carboxylic acids is 2. The fraction of sp³-hybridized carbons (Fsp3) is 0.829. The molecule has 4 saturated heterocycles. The molecule has 1 aromatic rings. The van der Waals surface area contributed by atoms with Crippen molar-refractivity contribution in [3.8, 4) is 0 Å². The molecule has 14 atom stereocenters. The number of hydrogen-bond acceptors (Lipinski definition) is 13. The molecule has 0 radical (unpaired) electrons. The van der Waals surface area contributed by atoms with Crippen molar-refractivity contribution in [3.63, 3.8) is 0 Å². The van der Waals surface area contributed by atoms with Crippen LogP contribution in [-0.2, 0) is 28.5 Å². The van der Waals surface area contributed by atoms with Crippen molar-refractivity contribution in [1.29, 1.82) is 0 Å². The van der Waals surface area contributed by atoms with Gasteiger partial charge >= 0.3 is 5.97 Å². The Labute approximate surface area is 327 Å². The number of fused-ring (bicyclic) bond motifs is 3. The molecule has 1 amide bonds. The lowest BCUT2D eigenvalue weighted by atomic mass is 9.78. The number of piperidine rings is 1. The van der Waals surface area contributed by atoms with Gasteiger partial charge in [-0.15, -0.1) is 0 Å². The lowest BCUT2D eigenvalue weighted by Crippen LogP contribution is -2.60. The first-order valence-corrected chi connectivity index (χ1v) is 20.3. The van der Waals surface area contributed by atoms with Gasteiger partial charge in [-0.05, 0) is 93.1 Å². The fourth-order valence-corrected chi connectivity index (χ4v) is 9.63. The molecule has 0 unspecified atom stereocenters. The van der Waals surface area contributed by atoms with Crippen LogP contribution in [-0.4, -0.2) is 160 Å². The summed E-state index contributed by atoms with van der Waals surface area (Å²) in [5, 5.41) is 35.0. The molecule has 4 fully saturated rings. The predicted octanol–water partition coefficient (Wildman–Crippen LogP) is 3.07. The monoisotopic (exact) mass is 776 g/mol. The standard InChI is InChI=1S/C41H68N4O10/c1-12-31-40(8,50)34(47)28(6)44(11)23-24(2)22-39(7)35(53-38-32(46)30(43(9)10)21-25(3)51-38)26(4)33(27(5)37(49)52-31)54-41(55-39)16-19-45(20-17-41)36(48)29-15-13-14-18-42-29/h13-15,18,24-28,30-35,38,46-47,50H,12,16-17,19-23H2,1-11H3/t24-,25-,26+,27-,28-,30+,31-,32-,33+,34-,35-,38+,39-,40-/m1/s1. The normalized spacial score (nSPS) is 42.4. The number of likely N-dealkylation sites (tertiary alicyclic amines) is 1. The number of aliphatic hydroxyl groups is 3. The maximum atomic E-state index is 14.3. The molecule has 14 nitrogen and oxygen atoms in total. The smallest absolute Gasteiger partial charge is 0.311 e. The third kappa shape index (κ3) is 9.23. The summed E-state index contributed by atoms with van der Waals surface area (Å²) in [5.74, 6) is -3.37. The molecule has 0 aromatic carbocycles. The van der Waals surface area contributed by atoms with Crippen LogP contribution < -0.4 is 0 Å². The van der Waals surface area contributed by atoms with Gasteiger partial charge in [-0.1, -0.05) is 26.8 Å². The fourth-order valence-electron chi connectivity index (χ4n) is 9.63. The number of likely N-dealkylation sites (N-methyl/N-ethyl adjacent to an activating group) is 2. The first-order chi connectivity index (χ1) is 25.7. The predicted molar refractivity (Wildman–Crippen MR) is 205 cm³/mol. The largest absolute Gasteiger partial charge is 0.459 e.